The first-order valence-corrected chi connectivity index (χ1v) is 7.22. The maximum atomic E-state index is 12.3. The van der Waals surface area contributed by atoms with Crippen LogP contribution in [0.15, 0.2) is 18.2 Å². The number of ether oxygens (including phenoxy) is 2. The maximum absolute atomic E-state index is 12.3. The standard InChI is InChI=1S/C16H19NO5/c1-4-12(16(20)22-10(2)3)17-13-7-11(8-18)5-6-14(13)21-9-15(17)19/h5-8,10,12H,4,9H2,1-3H3. The average molecular weight is 305 g/mol. The van der Waals surface area contributed by atoms with Crippen molar-refractivity contribution in [1.82, 2.24) is 0 Å². The number of rotatable bonds is 5. The van der Waals surface area contributed by atoms with E-state index in [-0.39, 0.29) is 18.6 Å². The number of aldehydes is 1. The zero-order valence-electron chi connectivity index (χ0n) is 12.9. The fraction of sp³-hybridized carbons (Fsp3) is 0.438. The molecule has 0 radical (unpaired) electrons. The number of carbonyl (C=O) groups is 3. The van der Waals surface area contributed by atoms with Crippen molar-refractivity contribution in [1.29, 1.82) is 0 Å². The van der Waals surface area contributed by atoms with Crippen molar-refractivity contribution in [2.24, 2.45) is 0 Å². The van der Waals surface area contributed by atoms with Crippen molar-refractivity contribution in [2.45, 2.75) is 39.3 Å². The van der Waals surface area contributed by atoms with Gasteiger partial charge in [0.1, 0.15) is 18.1 Å². The molecule has 6 nitrogen and oxygen atoms in total. The number of carbonyl (C=O) groups excluding carboxylic acids is 3. The molecule has 6 heteroatoms. The second-order valence-corrected chi connectivity index (χ2v) is 5.31. The number of hydrogen-bond acceptors (Lipinski definition) is 5. The predicted octanol–water partition coefficient (Wildman–Crippen LogP) is 1.95. The minimum atomic E-state index is -0.737. The zero-order valence-corrected chi connectivity index (χ0v) is 12.9. The van der Waals surface area contributed by atoms with E-state index in [1.807, 2.05) is 0 Å². The van der Waals surface area contributed by atoms with Gasteiger partial charge in [0.15, 0.2) is 6.61 Å². The normalized spacial score (nSPS) is 15.1. The summed E-state index contributed by atoms with van der Waals surface area (Å²) in [7, 11) is 0. The lowest BCUT2D eigenvalue weighted by atomic mass is 10.1. The Labute approximate surface area is 129 Å². The van der Waals surface area contributed by atoms with E-state index in [0.29, 0.717) is 29.7 Å². The third kappa shape index (κ3) is 3.10. The number of amides is 1. The van der Waals surface area contributed by atoms with Gasteiger partial charge in [-0.05, 0) is 38.5 Å². The van der Waals surface area contributed by atoms with E-state index in [1.165, 1.54) is 4.90 Å². The Morgan fingerprint density at radius 3 is 2.77 bits per heavy atom. The largest absolute Gasteiger partial charge is 0.482 e. The summed E-state index contributed by atoms with van der Waals surface area (Å²) in [5, 5.41) is 0. The molecule has 1 atom stereocenters. The molecule has 22 heavy (non-hydrogen) atoms. The molecule has 1 aliphatic heterocycles. The lowest BCUT2D eigenvalue weighted by Crippen LogP contribution is -2.50. The Bertz CT molecular complexity index is 596. The number of benzene rings is 1. The van der Waals surface area contributed by atoms with Gasteiger partial charge in [0, 0.05) is 5.56 Å². The van der Waals surface area contributed by atoms with Gasteiger partial charge in [0.05, 0.1) is 11.8 Å². The topological polar surface area (TPSA) is 72.9 Å². The first-order valence-electron chi connectivity index (χ1n) is 7.22. The van der Waals surface area contributed by atoms with E-state index in [9.17, 15) is 14.4 Å². The van der Waals surface area contributed by atoms with Crippen LogP contribution in [0.25, 0.3) is 0 Å². The number of anilines is 1. The van der Waals surface area contributed by atoms with Gasteiger partial charge in [-0.15, -0.1) is 0 Å². The van der Waals surface area contributed by atoms with Gasteiger partial charge in [0.2, 0.25) is 0 Å². The highest BCUT2D eigenvalue weighted by Gasteiger charge is 2.36. The Balaban J connectivity index is 2.42. The average Bonchev–Trinajstić information content (AvgIpc) is 2.48. The smallest absolute Gasteiger partial charge is 0.329 e. The fourth-order valence-corrected chi connectivity index (χ4v) is 2.37. The molecule has 1 aromatic carbocycles. The molecule has 1 aromatic rings. The van der Waals surface area contributed by atoms with E-state index in [4.69, 9.17) is 9.47 Å². The van der Waals surface area contributed by atoms with Gasteiger partial charge in [-0.1, -0.05) is 6.92 Å². The van der Waals surface area contributed by atoms with Crippen LogP contribution < -0.4 is 9.64 Å². The van der Waals surface area contributed by atoms with Crippen LogP contribution in [0, 0.1) is 0 Å². The summed E-state index contributed by atoms with van der Waals surface area (Å²) in [6, 6.07) is 4.04. The molecule has 2 rings (SSSR count). The van der Waals surface area contributed by atoms with Crippen LogP contribution >= 0.6 is 0 Å². The van der Waals surface area contributed by atoms with Crippen LogP contribution in [-0.2, 0) is 14.3 Å². The summed E-state index contributed by atoms with van der Waals surface area (Å²) in [5.74, 6) is -0.320. The summed E-state index contributed by atoms with van der Waals surface area (Å²) in [6.07, 6.45) is 0.825. The highest BCUT2D eigenvalue weighted by Crippen LogP contribution is 2.35. The van der Waals surface area contributed by atoms with Crippen LogP contribution in [0.2, 0.25) is 0 Å². The molecule has 118 valence electrons. The monoisotopic (exact) mass is 305 g/mol. The summed E-state index contributed by atoms with van der Waals surface area (Å²) < 4.78 is 10.6. The highest BCUT2D eigenvalue weighted by molar-refractivity contribution is 6.03. The zero-order chi connectivity index (χ0) is 16.3. The van der Waals surface area contributed by atoms with Crippen LogP contribution in [0.3, 0.4) is 0 Å². The number of nitrogens with zero attached hydrogens (tertiary/aromatic N) is 1. The first-order chi connectivity index (χ1) is 10.5. The van der Waals surface area contributed by atoms with Crippen molar-refractivity contribution in [2.75, 3.05) is 11.5 Å². The van der Waals surface area contributed by atoms with Crippen LogP contribution in [0.1, 0.15) is 37.6 Å². The van der Waals surface area contributed by atoms with Crippen LogP contribution in [-0.4, -0.2) is 36.9 Å². The van der Waals surface area contributed by atoms with Crippen molar-refractivity contribution < 1.29 is 23.9 Å². The molecule has 0 saturated carbocycles. The summed E-state index contributed by atoms with van der Waals surface area (Å²) in [4.78, 5) is 36.9. The third-order valence-corrected chi connectivity index (χ3v) is 3.32. The molecule has 0 bridgehead atoms. The lowest BCUT2D eigenvalue weighted by molar-refractivity contribution is -0.150. The number of hydrogen-bond donors (Lipinski definition) is 0. The molecule has 0 saturated heterocycles. The van der Waals surface area contributed by atoms with Crippen molar-refractivity contribution in [3.05, 3.63) is 23.8 Å². The molecule has 0 aliphatic carbocycles. The molecule has 1 unspecified atom stereocenters. The summed E-state index contributed by atoms with van der Waals surface area (Å²) in [6.45, 7) is 5.17. The minimum Gasteiger partial charge on any atom is -0.482 e. The maximum Gasteiger partial charge on any atom is 0.329 e. The molecule has 0 spiro atoms. The van der Waals surface area contributed by atoms with Gasteiger partial charge < -0.3 is 9.47 Å². The summed E-state index contributed by atoms with van der Waals surface area (Å²) >= 11 is 0. The van der Waals surface area contributed by atoms with Crippen LogP contribution in [0.4, 0.5) is 5.69 Å². The molecule has 0 aromatic heterocycles. The lowest BCUT2D eigenvalue weighted by Gasteiger charge is -2.34. The van der Waals surface area contributed by atoms with Crippen LogP contribution in [0.5, 0.6) is 5.75 Å². The van der Waals surface area contributed by atoms with Gasteiger partial charge in [-0.25, -0.2) is 4.79 Å². The van der Waals surface area contributed by atoms with Crippen molar-refractivity contribution in [3.8, 4) is 5.75 Å². The summed E-state index contributed by atoms with van der Waals surface area (Å²) in [5.41, 5.74) is 0.836. The molecule has 1 amide bonds. The van der Waals surface area contributed by atoms with E-state index in [2.05, 4.69) is 0 Å². The third-order valence-electron chi connectivity index (χ3n) is 3.32. The molecule has 0 fully saturated rings. The van der Waals surface area contributed by atoms with Gasteiger partial charge in [0.25, 0.3) is 5.91 Å². The minimum absolute atomic E-state index is 0.140. The van der Waals surface area contributed by atoms with E-state index in [0.717, 1.165) is 0 Å². The molecular formula is C16H19NO5. The SMILES string of the molecule is CCC(C(=O)OC(C)C)N1C(=O)COc2ccc(C=O)cc21. The number of fused-ring (bicyclic) bond motifs is 1. The van der Waals surface area contributed by atoms with Crippen molar-refractivity contribution in [3.63, 3.8) is 0 Å². The van der Waals surface area contributed by atoms with E-state index < -0.39 is 12.0 Å². The van der Waals surface area contributed by atoms with Crippen molar-refractivity contribution >= 4 is 23.9 Å². The van der Waals surface area contributed by atoms with Gasteiger partial charge >= 0.3 is 5.97 Å². The second kappa shape index (κ2) is 6.60. The Kier molecular flexibility index (Phi) is 4.80. The Morgan fingerprint density at radius 1 is 1.45 bits per heavy atom. The van der Waals surface area contributed by atoms with Gasteiger partial charge in [-0.3, -0.25) is 14.5 Å². The first kappa shape index (κ1) is 16.0. The highest BCUT2D eigenvalue weighted by atomic mass is 16.5. The second-order valence-electron chi connectivity index (χ2n) is 5.31. The predicted molar refractivity (Wildman–Crippen MR) is 80.1 cm³/mol. The molecular weight excluding hydrogens is 286 g/mol. The Hall–Kier alpha value is -2.37. The Morgan fingerprint density at radius 2 is 2.18 bits per heavy atom. The quantitative estimate of drug-likeness (QED) is 0.614. The molecule has 1 heterocycles. The molecule has 1 aliphatic rings. The fourth-order valence-electron chi connectivity index (χ4n) is 2.37. The molecule has 0 N–H and O–H groups in total. The number of esters is 1. The van der Waals surface area contributed by atoms with E-state index in [1.54, 1.807) is 39.0 Å². The van der Waals surface area contributed by atoms with Gasteiger partial charge in [-0.2, -0.15) is 0 Å². The van der Waals surface area contributed by atoms with E-state index >= 15 is 0 Å².